The van der Waals surface area contributed by atoms with Gasteiger partial charge in [-0.25, -0.2) is 9.59 Å². The van der Waals surface area contributed by atoms with E-state index in [0.29, 0.717) is 28.3 Å². The van der Waals surface area contributed by atoms with Gasteiger partial charge in [0.2, 0.25) is 0 Å². The maximum atomic E-state index is 11.9. The minimum absolute atomic E-state index is 0.281. The van der Waals surface area contributed by atoms with E-state index >= 15 is 0 Å². The Labute approximate surface area is 174 Å². The largest absolute Gasteiger partial charge is 0.493 e. The predicted molar refractivity (Wildman–Crippen MR) is 111 cm³/mol. The molecule has 0 heterocycles. The van der Waals surface area contributed by atoms with Gasteiger partial charge in [0.25, 0.3) is 5.91 Å². The van der Waals surface area contributed by atoms with E-state index < -0.39 is 24.5 Å². The summed E-state index contributed by atoms with van der Waals surface area (Å²) in [5.74, 6) is -0.513. The van der Waals surface area contributed by atoms with Crippen molar-refractivity contribution < 1.29 is 33.3 Å². The lowest BCUT2D eigenvalue weighted by atomic mass is 10.2. The average molecular weight is 413 g/mol. The Hall–Kier alpha value is -3.81. The summed E-state index contributed by atoms with van der Waals surface area (Å²) in [6, 6.07) is 11.3. The highest BCUT2D eigenvalue weighted by molar-refractivity contribution is 5.95. The second-order valence-electron chi connectivity index (χ2n) is 5.90. The summed E-state index contributed by atoms with van der Waals surface area (Å²) in [5, 5.41) is 2.57. The fourth-order valence-corrected chi connectivity index (χ4v) is 2.41. The number of hydrogen-bond donors (Lipinski definition) is 1. The van der Waals surface area contributed by atoms with Gasteiger partial charge in [0.1, 0.15) is 0 Å². The molecule has 0 saturated carbocycles. The molecule has 0 atom stereocenters. The normalized spacial score (nSPS) is 10.4. The Morgan fingerprint density at radius 3 is 2.27 bits per heavy atom. The summed E-state index contributed by atoms with van der Waals surface area (Å²) in [6.45, 7) is 1.55. The third kappa shape index (κ3) is 6.66. The quantitative estimate of drug-likeness (QED) is 0.498. The van der Waals surface area contributed by atoms with E-state index in [9.17, 15) is 14.4 Å². The SMILES string of the molecule is CCOC(=O)c1ccc(NC(=O)COC(=O)/C=C/c2ccc(OC)c(OC)c2)cc1. The van der Waals surface area contributed by atoms with Crippen LogP contribution in [0.5, 0.6) is 11.5 Å². The molecule has 0 saturated heterocycles. The van der Waals surface area contributed by atoms with E-state index in [-0.39, 0.29) is 6.61 Å². The van der Waals surface area contributed by atoms with Crippen LogP contribution in [-0.4, -0.2) is 45.3 Å². The van der Waals surface area contributed by atoms with Crippen molar-refractivity contribution in [1.29, 1.82) is 0 Å². The van der Waals surface area contributed by atoms with Gasteiger partial charge in [-0.2, -0.15) is 0 Å². The van der Waals surface area contributed by atoms with Crippen LogP contribution >= 0.6 is 0 Å². The standard InChI is InChI=1S/C22H23NO7/c1-4-29-22(26)16-7-9-17(10-8-16)23-20(24)14-30-21(25)12-6-15-5-11-18(27-2)19(13-15)28-3/h5-13H,4,14H2,1-3H3,(H,23,24)/b12-6+. The fourth-order valence-electron chi connectivity index (χ4n) is 2.41. The lowest BCUT2D eigenvalue weighted by molar-refractivity contribution is -0.142. The van der Waals surface area contributed by atoms with Gasteiger partial charge < -0.3 is 24.3 Å². The summed E-state index contributed by atoms with van der Waals surface area (Å²) in [7, 11) is 3.05. The number of ether oxygens (including phenoxy) is 4. The summed E-state index contributed by atoms with van der Waals surface area (Å²) < 4.78 is 20.2. The number of esters is 2. The zero-order valence-electron chi connectivity index (χ0n) is 17.0. The number of rotatable bonds is 9. The van der Waals surface area contributed by atoms with Crippen LogP contribution in [-0.2, 0) is 19.1 Å². The van der Waals surface area contributed by atoms with Crippen LogP contribution in [0.4, 0.5) is 5.69 Å². The molecule has 8 heteroatoms. The molecular weight excluding hydrogens is 390 g/mol. The van der Waals surface area contributed by atoms with Gasteiger partial charge in [-0.3, -0.25) is 4.79 Å². The van der Waals surface area contributed by atoms with Gasteiger partial charge in [-0.05, 0) is 55.0 Å². The zero-order chi connectivity index (χ0) is 21.9. The first-order valence-corrected chi connectivity index (χ1v) is 9.10. The van der Waals surface area contributed by atoms with Crippen LogP contribution in [0.25, 0.3) is 6.08 Å². The third-order valence-corrected chi connectivity index (χ3v) is 3.84. The second kappa shape index (κ2) is 11.3. The molecule has 0 aliphatic rings. The number of nitrogens with one attached hydrogen (secondary N) is 1. The lowest BCUT2D eigenvalue weighted by Crippen LogP contribution is -2.20. The zero-order valence-corrected chi connectivity index (χ0v) is 17.0. The van der Waals surface area contributed by atoms with E-state index in [1.807, 2.05) is 0 Å². The molecule has 1 amide bonds. The Kier molecular flexibility index (Phi) is 8.43. The first-order valence-electron chi connectivity index (χ1n) is 9.10. The molecule has 1 N–H and O–H groups in total. The topological polar surface area (TPSA) is 100 Å². The summed E-state index contributed by atoms with van der Waals surface area (Å²) in [4.78, 5) is 35.4. The van der Waals surface area contributed by atoms with E-state index in [0.717, 1.165) is 0 Å². The molecule has 0 bridgehead atoms. The van der Waals surface area contributed by atoms with Crippen molar-refractivity contribution in [2.45, 2.75) is 6.92 Å². The van der Waals surface area contributed by atoms with Crippen LogP contribution in [0.3, 0.4) is 0 Å². The fraction of sp³-hybridized carbons (Fsp3) is 0.227. The van der Waals surface area contributed by atoms with Crippen molar-refractivity contribution in [2.24, 2.45) is 0 Å². The minimum atomic E-state index is -0.669. The molecule has 0 unspecified atom stereocenters. The number of anilines is 1. The van der Waals surface area contributed by atoms with Crippen molar-refractivity contribution in [2.75, 3.05) is 32.8 Å². The van der Waals surface area contributed by atoms with Gasteiger partial charge in [-0.1, -0.05) is 6.07 Å². The number of hydrogen-bond acceptors (Lipinski definition) is 7. The first kappa shape index (κ1) is 22.5. The molecule has 2 aromatic rings. The van der Waals surface area contributed by atoms with Gasteiger partial charge >= 0.3 is 11.9 Å². The average Bonchev–Trinajstić information content (AvgIpc) is 2.76. The van der Waals surface area contributed by atoms with Crippen molar-refractivity contribution in [3.05, 3.63) is 59.7 Å². The van der Waals surface area contributed by atoms with Crippen LogP contribution in [0.2, 0.25) is 0 Å². The minimum Gasteiger partial charge on any atom is -0.493 e. The molecule has 2 aromatic carbocycles. The van der Waals surface area contributed by atoms with Gasteiger partial charge in [0, 0.05) is 11.8 Å². The molecule has 158 valence electrons. The number of methoxy groups -OCH3 is 2. The van der Waals surface area contributed by atoms with Crippen molar-refractivity contribution >= 4 is 29.6 Å². The number of carbonyl (C=O) groups excluding carboxylic acids is 3. The summed E-state index contributed by atoms with van der Waals surface area (Å²) in [6.07, 6.45) is 2.75. The van der Waals surface area contributed by atoms with Crippen molar-refractivity contribution in [3.8, 4) is 11.5 Å². The molecule has 0 aliphatic heterocycles. The van der Waals surface area contributed by atoms with Gasteiger partial charge in [0.15, 0.2) is 18.1 Å². The maximum absolute atomic E-state index is 11.9. The van der Waals surface area contributed by atoms with E-state index in [4.69, 9.17) is 18.9 Å². The van der Waals surface area contributed by atoms with E-state index in [2.05, 4.69) is 5.32 Å². The highest BCUT2D eigenvalue weighted by Crippen LogP contribution is 2.27. The molecule has 0 aromatic heterocycles. The van der Waals surface area contributed by atoms with Gasteiger partial charge in [0.05, 0.1) is 26.4 Å². The summed E-state index contributed by atoms with van der Waals surface area (Å²) in [5.41, 5.74) is 1.54. The molecule has 0 spiro atoms. The number of benzene rings is 2. The Balaban J connectivity index is 1.83. The lowest BCUT2D eigenvalue weighted by Gasteiger charge is -2.08. The highest BCUT2D eigenvalue weighted by Gasteiger charge is 2.09. The van der Waals surface area contributed by atoms with Crippen LogP contribution in [0.1, 0.15) is 22.8 Å². The predicted octanol–water partition coefficient (Wildman–Crippen LogP) is 3.08. The molecule has 8 nitrogen and oxygen atoms in total. The van der Waals surface area contributed by atoms with Crippen LogP contribution in [0.15, 0.2) is 48.5 Å². The number of amides is 1. The molecule has 2 rings (SSSR count). The summed E-state index contributed by atoms with van der Waals surface area (Å²) >= 11 is 0. The monoisotopic (exact) mass is 413 g/mol. The molecule has 0 aliphatic carbocycles. The molecular formula is C22H23NO7. The van der Waals surface area contributed by atoms with Gasteiger partial charge in [-0.15, -0.1) is 0 Å². The van der Waals surface area contributed by atoms with Crippen LogP contribution in [0, 0.1) is 0 Å². The third-order valence-electron chi connectivity index (χ3n) is 3.84. The highest BCUT2D eigenvalue weighted by atomic mass is 16.5. The Morgan fingerprint density at radius 1 is 0.933 bits per heavy atom. The second-order valence-corrected chi connectivity index (χ2v) is 5.90. The maximum Gasteiger partial charge on any atom is 0.338 e. The number of carbonyl (C=O) groups is 3. The molecule has 0 fully saturated rings. The van der Waals surface area contributed by atoms with E-state index in [1.54, 1.807) is 37.3 Å². The molecule has 0 radical (unpaired) electrons. The Morgan fingerprint density at radius 2 is 1.63 bits per heavy atom. The van der Waals surface area contributed by atoms with E-state index in [1.165, 1.54) is 38.5 Å². The van der Waals surface area contributed by atoms with Crippen molar-refractivity contribution in [3.63, 3.8) is 0 Å². The molecule has 30 heavy (non-hydrogen) atoms. The van der Waals surface area contributed by atoms with Crippen LogP contribution < -0.4 is 14.8 Å². The Bertz CT molecular complexity index is 920. The van der Waals surface area contributed by atoms with Crippen molar-refractivity contribution in [1.82, 2.24) is 0 Å². The smallest absolute Gasteiger partial charge is 0.338 e. The first-order chi connectivity index (χ1) is 14.5.